The summed E-state index contributed by atoms with van der Waals surface area (Å²) >= 11 is 0. The van der Waals surface area contributed by atoms with E-state index in [9.17, 15) is 4.79 Å². The fraction of sp³-hybridized carbons (Fsp3) is 0.545. The Morgan fingerprint density at radius 1 is 1.50 bits per heavy atom. The summed E-state index contributed by atoms with van der Waals surface area (Å²) in [7, 11) is 1.84. The molecule has 2 rings (SSSR count). The van der Waals surface area contributed by atoms with Gasteiger partial charge in [0.25, 0.3) is 0 Å². The van der Waals surface area contributed by atoms with Gasteiger partial charge in [0.15, 0.2) is 0 Å². The molecule has 1 aliphatic heterocycles. The molecule has 1 aliphatic rings. The molecule has 1 atom stereocenters. The second-order valence-corrected chi connectivity index (χ2v) is 4.19. The molecule has 0 radical (unpaired) electrons. The largest absolute Gasteiger partial charge is 0.367 e. The van der Waals surface area contributed by atoms with Gasteiger partial charge in [0.05, 0.1) is 0 Å². The van der Waals surface area contributed by atoms with Crippen molar-refractivity contribution in [3.05, 3.63) is 18.1 Å². The molecule has 0 aromatic carbocycles. The molecule has 0 aliphatic carbocycles. The van der Waals surface area contributed by atoms with Gasteiger partial charge in [-0.3, -0.25) is 4.79 Å². The summed E-state index contributed by atoms with van der Waals surface area (Å²) in [5.41, 5.74) is 0.928. The summed E-state index contributed by atoms with van der Waals surface area (Å²) in [6, 6.07) is 2.08. The third-order valence-corrected chi connectivity index (χ3v) is 2.82. The third kappa shape index (κ3) is 2.48. The summed E-state index contributed by atoms with van der Waals surface area (Å²) in [6.45, 7) is 2.73. The average Bonchev–Trinajstić information content (AvgIpc) is 2.24. The van der Waals surface area contributed by atoms with Crippen molar-refractivity contribution in [2.24, 2.45) is 0 Å². The summed E-state index contributed by atoms with van der Waals surface area (Å²) in [5.74, 6) is 0.990. The minimum Gasteiger partial charge on any atom is -0.367 e. The van der Waals surface area contributed by atoms with Gasteiger partial charge in [0.1, 0.15) is 12.1 Å². The van der Waals surface area contributed by atoms with Gasteiger partial charge in [-0.05, 0) is 13.3 Å². The molecule has 1 amide bonds. The lowest BCUT2D eigenvalue weighted by Gasteiger charge is -2.29. The van der Waals surface area contributed by atoms with E-state index in [1.165, 1.54) is 6.33 Å². The van der Waals surface area contributed by atoms with Crippen LogP contribution in [0.2, 0.25) is 0 Å². The van der Waals surface area contributed by atoms with Gasteiger partial charge >= 0.3 is 0 Å². The zero-order valence-corrected chi connectivity index (χ0v) is 9.60. The number of nitrogens with zero attached hydrogens (tertiary/aromatic N) is 3. The Balaban J connectivity index is 1.98. The highest BCUT2D eigenvalue weighted by Gasteiger charge is 2.23. The highest BCUT2D eigenvalue weighted by atomic mass is 16.2. The normalized spacial score (nSPS) is 21.0. The second kappa shape index (κ2) is 4.47. The van der Waals surface area contributed by atoms with Crippen LogP contribution in [0.25, 0.3) is 0 Å². The molecule has 0 spiro atoms. The van der Waals surface area contributed by atoms with Crippen LogP contribution < -0.4 is 5.32 Å². The van der Waals surface area contributed by atoms with Crippen molar-refractivity contribution < 1.29 is 4.79 Å². The molecule has 1 N–H and O–H groups in total. The Kier molecular flexibility index (Phi) is 3.03. The first-order valence-electron chi connectivity index (χ1n) is 5.44. The van der Waals surface area contributed by atoms with E-state index in [1.54, 1.807) is 4.90 Å². The monoisotopic (exact) mass is 220 g/mol. The van der Waals surface area contributed by atoms with E-state index in [2.05, 4.69) is 15.3 Å². The molecule has 1 fully saturated rings. The zero-order chi connectivity index (χ0) is 11.5. The SMILES string of the molecule is Cc1cc(NC2CCN(C)C(=O)C2)ncn1. The topological polar surface area (TPSA) is 58.1 Å². The van der Waals surface area contributed by atoms with E-state index in [0.29, 0.717) is 6.42 Å². The highest BCUT2D eigenvalue weighted by Crippen LogP contribution is 2.14. The van der Waals surface area contributed by atoms with Crippen LogP contribution in [-0.2, 0) is 4.79 Å². The van der Waals surface area contributed by atoms with E-state index in [4.69, 9.17) is 0 Å². The van der Waals surface area contributed by atoms with Gasteiger partial charge in [-0.15, -0.1) is 0 Å². The number of aromatic nitrogens is 2. The van der Waals surface area contributed by atoms with Crippen LogP contribution in [0.4, 0.5) is 5.82 Å². The van der Waals surface area contributed by atoms with E-state index in [1.807, 2.05) is 20.0 Å². The lowest BCUT2D eigenvalue weighted by molar-refractivity contribution is -0.132. The number of likely N-dealkylation sites (tertiary alicyclic amines) is 1. The number of hydrogen-bond donors (Lipinski definition) is 1. The Morgan fingerprint density at radius 2 is 2.31 bits per heavy atom. The second-order valence-electron chi connectivity index (χ2n) is 4.19. The maximum absolute atomic E-state index is 11.5. The van der Waals surface area contributed by atoms with Crippen LogP contribution in [0.1, 0.15) is 18.5 Å². The first-order valence-corrected chi connectivity index (χ1v) is 5.44. The van der Waals surface area contributed by atoms with E-state index in [0.717, 1.165) is 24.5 Å². The number of carbonyl (C=O) groups excluding carboxylic acids is 1. The summed E-state index contributed by atoms with van der Waals surface area (Å²) < 4.78 is 0. The molecule has 5 nitrogen and oxygen atoms in total. The van der Waals surface area contributed by atoms with E-state index in [-0.39, 0.29) is 11.9 Å². The molecule has 5 heteroatoms. The van der Waals surface area contributed by atoms with Crippen molar-refractivity contribution >= 4 is 11.7 Å². The maximum Gasteiger partial charge on any atom is 0.224 e. The summed E-state index contributed by atoms with van der Waals surface area (Å²) in [4.78, 5) is 21.4. The van der Waals surface area contributed by atoms with Gasteiger partial charge in [0, 0.05) is 37.8 Å². The number of hydrogen-bond acceptors (Lipinski definition) is 4. The molecule has 2 heterocycles. The van der Waals surface area contributed by atoms with E-state index >= 15 is 0 Å². The maximum atomic E-state index is 11.5. The third-order valence-electron chi connectivity index (χ3n) is 2.82. The Bertz CT molecular complexity index is 393. The zero-order valence-electron chi connectivity index (χ0n) is 9.60. The van der Waals surface area contributed by atoms with Crippen molar-refractivity contribution in [2.75, 3.05) is 18.9 Å². The van der Waals surface area contributed by atoms with Gasteiger partial charge < -0.3 is 10.2 Å². The molecule has 1 saturated heterocycles. The standard InChI is InChI=1S/C11H16N4O/c1-8-5-10(13-7-12-8)14-9-3-4-15(2)11(16)6-9/h5,7,9H,3-4,6H2,1-2H3,(H,12,13,14). The number of rotatable bonds is 2. The quantitative estimate of drug-likeness (QED) is 0.801. The van der Waals surface area contributed by atoms with E-state index < -0.39 is 0 Å². The predicted octanol–water partition coefficient (Wildman–Crippen LogP) is 0.818. The number of nitrogens with one attached hydrogen (secondary N) is 1. The van der Waals surface area contributed by atoms with Crippen molar-refractivity contribution in [1.82, 2.24) is 14.9 Å². The van der Waals surface area contributed by atoms with Crippen LogP contribution in [0.15, 0.2) is 12.4 Å². The van der Waals surface area contributed by atoms with Crippen LogP contribution in [0, 0.1) is 6.92 Å². The van der Waals surface area contributed by atoms with Crippen LogP contribution in [0.3, 0.4) is 0 Å². The highest BCUT2D eigenvalue weighted by molar-refractivity contribution is 5.77. The minimum absolute atomic E-state index is 0.189. The van der Waals surface area contributed by atoms with Crippen LogP contribution in [0.5, 0.6) is 0 Å². The smallest absolute Gasteiger partial charge is 0.224 e. The molecule has 1 unspecified atom stereocenters. The molecule has 0 bridgehead atoms. The van der Waals surface area contributed by atoms with Crippen LogP contribution in [-0.4, -0.2) is 40.4 Å². The molecule has 0 saturated carbocycles. The van der Waals surface area contributed by atoms with Crippen molar-refractivity contribution in [1.29, 1.82) is 0 Å². The summed E-state index contributed by atoms with van der Waals surface area (Å²) in [6.07, 6.45) is 3.04. The number of piperidine rings is 1. The number of aryl methyl sites for hydroxylation is 1. The number of anilines is 1. The molecular formula is C11H16N4O. The average molecular weight is 220 g/mol. The van der Waals surface area contributed by atoms with Gasteiger partial charge in [0.2, 0.25) is 5.91 Å². The van der Waals surface area contributed by atoms with Gasteiger partial charge in [-0.2, -0.15) is 0 Å². The Morgan fingerprint density at radius 3 is 3.00 bits per heavy atom. The minimum atomic E-state index is 0.189. The molecular weight excluding hydrogens is 204 g/mol. The lowest BCUT2D eigenvalue weighted by atomic mass is 10.1. The Hall–Kier alpha value is -1.65. The first-order chi connectivity index (χ1) is 7.65. The van der Waals surface area contributed by atoms with Crippen molar-refractivity contribution in [3.8, 4) is 0 Å². The fourth-order valence-electron chi connectivity index (χ4n) is 1.81. The van der Waals surface area contributed by atoms with Crippen LogP contribution >= 0.6 is 0 Å². The van der Waals surface area contributed by atoms with Crippen molar-refractivity contribution in [3.63, 3.8) is 0 Å². The van der Waals surface area contributed by atoms with Gasteiger partial charge in [-0.25, -0.2) is 9.97 Å². The lowest BCUT2D eigenvalue weighted by Crippen LogP contribution is -2.41. The molecule has 86 valence electrons. The molecule has 1 aromatic heterocycles. The number of amides is 1. The number of carbonyl (C=O) groups is 1. The summed E-state index contributed by atoms with van der Waals surface area (Å²) in [5, 5.41) is 3.27. The fourth-order valence-corrected chi connectivity index (χ4v) is 1.81. The predicted molar refractivity (Wildman–Crippen MR) is 61.1 cm³/mol. The van der Waals surface area contributed by atoms with Gasteiger partial charge in [-0.1, -0.05) is 0 Å². The molecule has 1 aromatic rings. The molecule has 16 heavy (non-hydrogen) atoms. The Labute approximate surface area is 94.9 Å². The first kappa shape index (κ1) is 10.9. The van der Waals surface area contributed by atoms with Crippen molar-refractivity contribution in [2.45, 2.75) is 25.8 Å².